The van der Waals surface area contributed by atoms with Crippen molar-refractivity contribution >= 4 is 0 Å². The van der Waals surface area contributed by atoms with Gasteiger partial charge in [0, 0.05) is 6.04 Å². The van der Waals surface area contributed by atoms with Gasteiger partial charge in [0.15, 0.2) is 11.5 Å². The first kappa shape index (κ1) is 14.8. The standard InChI is InChI=1S/C15H25NO2/c1-5-18-14-9-7-12(10-15(14)17-4)13(16)8-6-11(2)3/h7,9-11,13H,5-6,8,16H2,1-4H3/t13-/m0/s1. The highest BCUT2D eigenvalue weighted by molar-refractivity contribution is 5.43. The molecule has 2 N–H and O–H groups in total. The Labute approximate surface area is 110 Å². The van der Waals surface area contributed by atoms with E-state index in [2.05, 4.69) is 13.8 Å². The number of methoxy groups -OCH3 is 1. The first-order valence-corrected chi connectivity index (χ1v) is 6.64. The molecule has 1 atom stereocenters. The lowest BCUT2D eigenvalue weighted by atomic mass is 9.98. The van der Waals surface area contributed by atoms with E-state index in [-0.39, 0.29) is 6.04 Å². The fourth-order valence-corrected chi connectivity index (χ4v) is 1.87. The molecule has 3 heteroatoms. The summed E-state index contributed by atoms with van der Waals surface area (Å²) in [6.45, 7) is 7.02. The van der Waals surface area contributed by atoms with Gasteiger partial charge in [0.25, 0.3) is 0 Å². The number of ether oxygens (including phenoxy) is 2. The van der Waals surface area contributed by atoms with Gasteiger partial charge in [-0.3, -0.25) is 0 Å². The fraction of sp³-hybridized carbons (Fsp3) is 0.600. The first-order valence-electron chi connectivity index (χ1n) is 6.64. The quantitative estimate of drug-likeness (QED) is 0.806. The minimum atomic E-state index is 0.0666. The second kappa shape index (κ2) is 7.27. The van der Waals surface area contributed by atoms with Gasteiger partial charge in [0.2, 0.25) is 0 Å². The molecule has 0 aliphatic heterocycles. The van der Waals surface area contributed by atoms with Crippen LogP contribution < -0.4 is 15.2 Å². The maximum atomic E-state index is 6.19. The van der Waals surface area contributed by atoms with Crippen LogP contribution in [0.5, 0.6) is 11.5 Å². The smallest absolute Gasteiger partial charge is 0.161 e. The summed E-state index contributed by atoms with van der Waals surface area (Å²) in [6, 6.07) is 6.01. The zero-order valence-electron chi connectivity index (χ0n) is 11.9. The van der Waals surface area contributed by atoms with Gasteiger partial charge in [-0.25, -0.2) is 0 Å². The van der Waals surface area contributed by atoms with Gasteiger partial charge in [-0.1, -0.05) is 19.9 Å². The number of hydrogen-bond donors (Lipinski definition) is 1. The molecular weight excluding hydrogens is 226 g/mol. The lowest BCUT2D eigenvalue weighted by molar-refractivity contribution is 0.310. The Balaban J connectivity index is 2.77. The molecule has 0 amide bonds. The van der Waals surface area contributed by atoms with E-state index in [1.807, 2.05) is 25.1 Å². The number of hydrogen-bond acceptors (Lipinski definition) is 3. The summed E-state index contributed by atoms with van der Waals surface area (Å²) >= 11 is 0. The molecule has 0 radical (unpaired) electrons. The van der Waals surface area contributed by atoms with E-state index in [1.165, 1.54) is 0 Å². The van der Waals surface area contributed by atoms with Gasteiger partial charge in [0.05, 0.1) is 13.7 Å². The molecular formula is C15H25NO2. The van der Waals surface area contributed by atoms with Crippen molar-refractivity contribution in [2.75, 3.05) is 13.7 Å². The summed E-state index contributed by atoms with van der Waals surface area (Å²) in [5.41, 5.74) is 7.30. The largest absolute Gasteiger partial charge is 0.493 e. The van der Waals surface area contributed by atoms with E-state index in [0.717, 1.165) is 29.9 Å². The summed E-state index contributed by atoms with van der Waals surface area (Å²) in [5, 5.41) is 0. The first-order chi connectivity index (χ1) is 8.58. The van der Waals surface area contributed by atoms with E-state index >= 15 is 0 Å². The Morgan fingerprint density at radius 2 is 1.89 bits per heavy atom. The molecule has 0 spiro atoms. The van der Waals surface area contributed by atoms with E-state index in [9.17, 15) is 0 Å². The molecule has 0 aromatic heterocycles. The van der Waals surface area contributed by atoms with Crippen LogP contribution in [0.3, 0.4) is 0 Å². The summed E-state index contributed by atoms with van der Waals surface area (Å²) in [5.74, 6) is 2.22. The Bertz CT molecular complexity index is 364. The van der Waals surface area contributed by atoms with Gasteiger partial charge in [0.1, 0.15) is 0 Å². The lowest BCUT2D eigenvalue weighted by Crippen LogP contribution is -2.11. The Hall–Kier alpha value is -1.22. The Morgan fingerprint density at radius 3 is 2.44 bits per heavy atom. The van der Waals surface area contributed by atoms with Crippen molar-refractivity contribution in [3.8, 4) is 11.5 Å². The van der Waals surface area contributed by atoms with Crippen molar-refractivity contribution in [1.82, 2.24) is 0 Å². The third kappa shape index (κ3) is 4.22. The normalized spacial score (nSPS) is 12.6. The monoisotopic (exact) mass is 251 g/mol. The van der Waals surface area contributed by atoms with Crippen molar-refractivity contribution in [2.24, 2.45) is 11.7 Å². The average molecular weight is 251 g/mol. The predicted octanol–water partition coefficient (Wildman–Crippen LogP) is 3.53. The SMILES string of the molecule is CCOc1ccc([C@@H](N)CCC(C)C)cc1OC. The molecule has 102 valence electrons. The Kier molecular flexibility index (Phi) is 5.99. The summed E-state index contributed by atoms with van der Waals surface area (Å²) < 4.78 is 10.8. The molecule has 0 fully saturated rings. The molecule has 3 nitrogen and oxygen atoms in total. The maximum Gasteiger partial charge on any atom is 0.161 e. The molecule has 0 saturated carbocycles. The summed E-state index contributed by atoms with van der Waals surface area (Å²) in [4.78, 5) is 0. The van der Waals surface area contributed by atoms with Crippen LogP contribution in [0.2, 0.25) is 0 Å². The summed E-state index contributed by atoms with van der Waals surface area (Å²) in [7, 11) is 1.65. The molecule has 0 aliphatic carbocycles. The lowest BCUT2D eigenvalue weighted by Gasteiger charge is -2.16. The average Bonchev–Trinajstić information content (AvgIpc) is 2.36. The van der Waals surface area contributed by atoms with Crippen LogP contribution >= 0.6 is 0 Å². The minimum absolute atomic E-state index is 0.0666. The fourth-order valence-electron chi connectivity index (χ4n) is 1.87. The van der Waals surface area contributed by atoms with Crippen LogP contribution in [-0.2, 0) is 0 Å². The zero-order chi connectivity index (χ0) is 13.5. The van der Waals surface area contributed by atoms with Crippen LogP contribution in [0, 0.1) is 5.92 Å². The van der Waals surface area contributed by atoms with Crippen LogP contribution in [0.15, 0.2) is 18.2 Å². The van der Waals surface area contributed by atoms with Gasteiger partial charge in [-0.05, 0) is 43.4 Å². The van der Waals surface area contributed by atoms with Crippen molar-refractivity contribution in [2.45, 2.75) is 39.7 Å². The minimum Gasteiger partial charge on any atom is -0.493 e. The third-order valence-electron chi connectivity index (χ3n) is 2.97. The molecule has 18 heavy (non-hydrogen) atoms. The van der Waals surface area contributed by atoms with E-state index in [0.29, 0.717) is 12.5 Å². The van der Waals surface area contributed by atoms with Crippen molar-refractivity contribution < 1.29 is 9.47 Å². The van der Waals surface area contributed by atoms with Crippen molar-refractivity contribution in [3.05, 3.63) is 23.8 Å². The van der Waals surface area contributed by atoms with Crippen LogP contribution in [0.4, 0.5) is 0 Å². The molecule has 0 heterocycles. The second-order valence-corrected chi connectivity index (χ2v) is 4.92. The number of benzene rings is 1. The van der Waals surface area contributed by atoms with Crippen molar-refractivity contribution in [1.29, 1.82) is 0 Å². The molecule has 0 bridgehead atoms. The van der Waals surface area contributed by atoms with Crippen molar-refractivity contribution in [3.63, 3.8) is 0 Å². The van der Waals surface area contributed by atoms with Gasteiger partial charge in [-0.2, -0.15) is 0 Å². The van der Waals surface area contributed by atoms with Gasteiger partial charge in [-0.15, -0.1) is 0 Å². The number of rotatable bonds is 7. The van der Waals surface area contributed by atoms with E-state index in [4.69, 9.17) is 15.2 Å². The third-order valence-corrected chi connectivity index (χ3v) is 2.97. The Morgan fingerprint density at radius 1 is 1.17 bits per heavy atom. The molecule has 0 unspecified atom stereocenters. The highest BCUT2D eigenvalue weighted by atomic mass is 16.5. The molecule has 0 aliphatic rings. The highest BCUT2D eigenvalue weighted by Gasteiger charge is 2.11. The van der Waals surface area contributed by atoms with E-state index in [1.54, 1.807) is 7.11 Å². The molecule has 1 rings (SSSR count). The predicted molar refractivity (Wildman–Crippen MR) is 75.2 cm³/mol. The topological polar surface area (TPSA) is 44.5 Å². The zero-order valence-corrected chi connectivity index (χ0v) is 11.9. The molecule has 1 aromatic carbocycles. The van der Waals surface area contributed by atoms with E-state index < -0.39 is 0 Å². The molecule has 1 aromatic rings. The van der Waals surface area contributed by atoms with Gasteiger partial charge >= 0.3 is 0 Å². The maximum absolute atomic E-state index is 6.19. The molecule has 0 saturated heterocycles. The van der Waals surface area contributed by atoms with Crippen LogP contribution in [0.25, 0.3) is 0 Å². The van der Waals surface area contributed by atoms with Crippen LogP contribution in [-0.4, -0.2) is 13.7 Å². The highest BCUT2D eigenvalue weighted by Crippen LogP contribution is 2.31. The van der Waals surface area contributed by atoms with Crippen LogP contribution in [0.1, 0.15) is 45.2 Å². The number of nitrogens with two attached hydrogens (primary N) is 1. The second-order valence-electron chi connectivity index (χ2n) is 4.92. The van der Waals surface area contributed by atoms with Gasteiger partial charge < -0.3 is 15.2 Å². The summed E-state index contributed by atoms with van der Waals surface area (Å²) in [6.07, 6.45) is 2.13.